The number of carbonyl (C=O) groups is 2. The molecule has 1 aromatic rings. The van der Waals surface area contributed by atoms with Gasteiger partial charge >= 0.3 is 5.97 Å². The Labute approximate surface area is 144 Å². The van der Waals surface area contributed by atoms with Crippen molar-refractivity contribution in [3.05, 3.63) is 23.8 Å². The predicted octanol–water partition coefficient (Wildman–Crippen LogP) is 2.90. The van der Waals surface area contributed by atoms with E-state index in [0.717, 1.165) is 38.2 Å². The summed E-state index contributed by atoms with van der Waals surface area (Å²) in [6.45, 7) is 6.52. The van der Waals surface area contributed by atoms with Gasteiger partial charge in [0.25, 0.3) is 0 Å². The fraction of sp³-hybridized carbons (Fsp3) is 0.556. The van der Waals surface area contributed by atoms with Crippen LogP contribution in [0, 0.1) is 0 Å². The molecule has 0 fully saturated rings. The maximum atomic E-state index is 12.1. The molecule has 0 spiro atoms. The quantitative estimate of drug-likeness (QED) is 0.688. The molecule has 1 aromatic carbocycles. The zero-order valence-corrected chi connectivity index (χ0v) is 15.1. The molecule has 0 unspecified atom stereocenters. The van der Waals surface area contributed by atoms with Gasteiger partial charge in [0.1, 0.15) is 0 Å². The van der Waals surface area contributed by atoms with Gasteiger partial charge < -0.3 is 20.2 Å². The number of aromatic carboxylic acids is 1. The molecule has 0 saturated carbocycles. The van der Waals surface area contributed by atoms with Gasteiger partial charge in [-0.1, -0.05) is 13.3 Å². The van der Waals surface area contributed by atoms with Crippen LogP contribution in [0.4, 0.5) is 11.4 Å². The molecule has 0 radical (unpaired) electrons. The molecule has 134 valence electrons. The van der Waals surface area contributed by atoms with Gasteiger partial charge in [-0.15, -0.1) is 0 Å². The van der Waals surface area contributed by atoms with Crippen LogP contribution in [0.2, 0.25) is 0 Å². The second kappa shape index (κ2) is 9.93. The molecule has 1 rings (SSSR count). The number of rotatable bonds is 10. The third-order valence-corrected chi connectivity index (χ3v) is 3.81. The normalized spacial score (nSPS) is 10.7. The standard InChI is InChI=1S/C18H29N3O3/c1-5-7-8-17(22)19-15-13-14(18(23)24)9-10-16(15)21(6-2)12-11-20(3)4/h9-10,13H,5-8,11-12H2,1-4H3,(H,19,22)(H,23,24). The number of anilines is 2. The Bertz CT molecular complexity index is 558. The fourth-order valence-corrected chi connectivity index (χ4v) is 2.36. The Morgan fingerprint density at radius 3 is 2.42 bits per heavy atom. The van der Waals surface area contributed by atoms with E-state index in [1.165, 1.54) is 0 Å². The van der Waals surface area contributed by atoms with E-state index < -0.39 is 5.97 Å². The summed E-state index contributed by atoms with van der Waals surface area (Å²) in [5.41, 5.74) is 1.60. The molecule has 24 heavy (non-hydrogen) atoms. The van der Waals surface area contributed by atoms with Gasteiger partial charge in [-0.3, -0.25) is 4.79 Å². The molecule has 0 heterocycles. The van der Waals surface area contributed by atoms with Crippen molar-refractivity contribution in [2.24, 2.45) is 0 Å². The third-order valence-electron chi connectivity index (χ3n) is 3.81. The predicted molar refractivity (Wildman–Crippen MR) is 98.0 cm³/mol. The van der Waals surface area contributed by atoms with E-state index >= 15 is 0 Å². The van der Waals surface area contributed by atoms with Gasteiger partial charge in [0, 0.05) is 26.1 Å². The minimum atomic E-state index is -0.998. The van der Waals surface area contributed by atoms with Crippen LogP contribution >= 0.6 is 0 Å². The van der Waals surface area contributed by atoms with Crippen molar-refractivity contribution >= 4 is 23.3 Å². The van der Waals surface area contributed by atoms with Crippen molar-refractivity contribution in [2.45, 2.75) is 33.1 Å². The monoisotopic (exact) mass is 335 g/mol. The minimum Gasteiger partial charge on any atom is -0.478 e. The van der Waals surface area contributed by atoms with Gasteiger partial charge in [-0.25, -0.2) is 4.79 Å². The van der Waals surface area contributed by atoms with Crippen molar-refractivity contribution in [3.63, 3.8) is 0 Å². The first-order valence-electron chi connectivity index (χ1n) is 8.45. The zero-order chi connectivity index (χ0) is 18.1. The lowest BCUT2D eigenvalue weighted by Gasteiger charge is -2.27. The smallest absolute Gasteiger partial charge is 0.335 e. The SMILES string of the molecule is CCCCC(=O)Nc1cc(C(=O)O)ccc1N(CC)CCN(C)C. The number of nitrogens with one attached hydrogen (secondary N) is 1. The van der Waals surface area contributed by atoms with Crippen LogP contribution in [0.15, 0.2) is 18.2 Å². The molecule has 0 saturated heterocycles. The molecule has 6 nitrogen and oxygen atoms in total. The summed E-state index contributed by atoms with van der Waals surface area (Å²) in [7, 11) is 4.02. The summed E-state index contributed by atoms with van der Waals surface area (Å²) in [6, 6.07) is 4.90. The molecule has 2 N–H and O–H groups in total. The Morgan fingerprint density at radius 2 is 1.88 bits per heavy atom. The number of nitrogens with zero attached hydrogens (tertiary/aromatic N) is 2. The molecule has 0 aliphatic heterocycles. The summed E-state index contributed by atoms with van der Waals surface area (Å²) in [5.74, 6) is -1.08. The van der Waals surface area contributed by atoms with Crippen LogP contribution < -0.4 is 10.2 Å². The van der Waals surface area contributed by atoms with Crippen molar-refractivity contribution in [2.75, 3.05) is 43.9 Å². The molecular formula is C18H29N3O3. The average molecular weight is 335 g/mol. The lowest BCUT2D eigenvalue weighted by atomic mass is 10.1. The summed E-state index contributed by atoms with van der Waals surface area (Å²) in [6.07, 6.45) is 2.20. The van der Waals surface area contributed by atoms with Gasteiger partial charge in [-0.2, -0.15) is 0 Å². The van der Waals surface area contributed by atoms with Gasteiger partial charge in [-0.05, 0) is 45.6 Å². The van der Waals surface area contributed by atoms with E-state index in [9.17, 15) is 14.7 Å². The van der Waals surface area contributed by atoms with Gasteiger partial charge in [0.2, 0.25) is 5.91 Å². The number of unbranched alkanes of at least 4 members (excludes halogenated alkanes) is 1. The van der Waals surface area contributed by atoms with E-state index in [0.29, 0.717) is 12.1 Å². The highest BCUT2D eigenvalue weighted by Gasteiger charge is 2.15. The first-order chi connectivity index (χ1) is 11.4. The number of carboxylic acid groups (broad SMARTS) is 1. The molecule has 6 heteroatoms. The number of carboxylic acids is 1. The average Bonchev–Trinajstić information content (AvgIpc) is 2.54. The van der Waals surface area contributed by atoms with Crippen LogP contribution in [0.5, 0.6) is 0 Å². The van der Waals surface area contributed by atoms with E-state index in [1.807, 2.05) is 27.9 Å². The number of benzene rings is 1. The lowest BCUT2D eigenvalue weighted by molar-refractivity contribution is -0.116. The first kappa shape index (κ1) is 20.0. The van der Waals surface area contributed by atoms with Crippen LogP contribution in [0.25, 0.3) is 0 Å². The second-order valence-corrected chi connectivity index (χ2v) is 6.07. The van der Waals surface area contributed by atoms with Crippen molar-refractivity contribution in [1.82, 2.24) is 4.90 Å². The Balaban J connectivity index is 3.07. The minimum absolute atomic E-state index is 0.0794. The number of amides is 1. The second-order valence-electron chi connectivity index (χ2n) is 6.07. The Kier molecular flexibility index (Phi) is 8.26. The highest BCUT2D eigenvalue weighted by molar-refractivity contribution is 5.97. The fourth-order valence-electron chi connectivity index (χ4n) is 2.36. The first-order valence-corrected chi connectivity index (χ1v) is 8.45. The third kappa shape index (κ3) is 6.20. The van der Waals surface area contributed by atoms with E-state index in [-0.39, 0.29) is 11.5 Å². The topological polar surface area (TPSA) is 72.9 Å². The van der Waals surface area contributed by atoms with E-state index in [2.05, 4.69) is 15.1 Å². The van der Waals surface area contributed by atoms with Crippen LogP contribution in [0.3, 0.4) is 0 Å². The molecular weight excluding hydrogens is 306 g/mol. The van der Waals surface area contributed by atoms with Crippen LogP contribution in [0.1, 0.15) is 43.5 Å². The van der Waals surface area contributed by atoms with E-state index in [1.54, 1.807) is 18.2 Å². The van der Waals surface area contributed by atoms with Crippen molar-refractivity contribution in [1.29, 1.82) is 0 Å². The van der Waals surface area contributed by atoms with Crippen molar-refractivity contribution in [3.8, 4) is 0 Å². The van der Waals surface area contributed by atoms with Crippen LogP contribution in [-0.4, -0.2) is 55.6 Å². The molecule has 0 aliphatic rings. The summed E-state index contributed by atoms with van der Waals surface area (Å²) >= 11 is 0. The Hall–Kier alpha value is -2.08. The number of hydrogen-bond donors (Lipinski definition) is 2. The molecule has 0 atom stereocenters. The molecule has 0 bridgehead atoms. The van der Waals surface area contributed by atoms with Gasteiger partial charge in [0.15, 0.2) is 0 Å². The number of hydrogen-bond acceptors (Lipinski definition) is 4. The zero-order valence-electron chi connectivity index (χ0n) is 15.1. The van der Waals surface area contributed by atoms with Gasteiger partial charge in [0.05, 0.1) is 16.9 Å². The van der Waals surface area contributed by atoms with Crippen LogP contribution in [-0.2, 0) is 4.79 Å². The maximum absolute atomic E-state index is 12.1. The van der Waals surface area contributed by atoms with E-state index in [4.69, 9.17) is 0 Å². The number of carbonyl (C=O) groups excluding carboxylic acids is 1. The summed E-state index contributed by atoms with van der Waals surface area (Å²) in [4.78, 5) is 27.6. The molecule has 1 amide bonds. The van der Waals surface area contributed by atoms with Crippen molar-refractivity contribution < 1.29 is 14.7 Å². The Morgan fingerprint density at radius 1 is 1.17 bits per heavy atom. The highest BCUT2D eigenvalue weighted by atomic mass is 16.4. The molecule has 0 aliphatic carbocycles. The highest BCUT2D eigenvalue weighted by Crippen LogP contribution is 2.27. The summed E-state index contributed by atoms with van der Waals surface area (Å²) < 4.78 is 0. The largest absolute Gasteiger partial charge is 0.478 e. The lowest BCUT2D eigenvalue weighted by Crippen LogP contribution is -2.32. The maximum Gasteiger partial charge on any atom is 0.335 e. The number of likely N-dealkylation sites (N-methyl/N-ethyl adjacent to an activating group) is 2. The molecule has 0 aromatic heterocycles. The summed E-state index contributed by atoms with van der Waals surface area (Å²) in [5, 5.41) is 12.1.